The molecule has 110 valence electrons. The van der Waals surface area contributed by atoms with E-state index >= 15 is 0 Å². The third-order valence-electron chi connectivity index (χ3n) is 4.00. The molecule has 1 heterocycles. The number of hydrogen-bond acceptors (Lipinski definition) is 2. The second-order valence-electron chi connectivity index (χ2n) is 5.48. The molecule has 4 nitrogen and oxygen atoms in total. The lowest BCUT2D eigenvalue weighted by atomic mass is 10.2. The van der Waals surface area contributed by atoms with E-state index in [1.807, 2.05) is 54.1 Å². The molecule has 1 aromatic carbocycles. The van der Waals surface area contributed by atoms with Gasteiger partial charge < -0.3 is 14.6 Å². The van der Waals surface area contributed by atoms with Crippen LogP contribution in [0, 0.1) is 0 Å². The van der Waals surface area contributed by atoms with Gasteiger partial charge in [-0.05, 0) is 30.5 Å². The first kappa shape index (κ1) is 13.9. The number of aromatic nitrogens is 1. The smallest absolute Gasteiger partial charge is 0.270 e. The first-order chi connectivity index (χ1) is 10.2. The molecule has 1 aliphatic rings. The average Bonchev–Trinajstić information content (AvgIpc) is 3.27. The zero-order valence-corrected chi connectivity index (χ0v) is 12.2. The van der Waals surface area contributed by atoms with Crippen LogP contribution in [0.2, 0.25) is 0 Å². The Morgan fingerprint density at radius 2 is 1.95 bits per heavy atom. The second kappa shape index (κ2) is 5.74. The summed E-state index contributed by atoms with van der Waals surface area (Å²) in [5.41, 5.74) is 2.80. The van der Waals surface area contributed by atoms with Gasteiger partial charge >= 0.3 is 0 Å². The molecule has 1 fully saturated rings. The minimum atomic E-state index is 0.0104. The number of benzene rings is 1. The molecular formula is C17H20N2O2. The lowest BCUT2D eigenvalue weighted by molar-refractivity contribution is 0.0698. The van der Waals surface area contributed by atoms with E-state index in [1.165, 1.54) is 0 Å². The maximum atomic E-state index is 12.7. The van der Waals surface area contributed by atoms with Crippen LogP contribution in [0.15, 0.2) is 42.5 Å². The van der Waals surface area contributed by atoms with E-state index in [9.17, 15) is 4.79 Å². The molecule has 0 unspecified atom stereocenters. The van der Waals surface area contributed by atoms with Crippen molar-refractivity contribution >= 4 is 5.91 Å². The van der Waals surface area contributed by atoms with Crippen molar-refractivity contribution in [1.82, 2.24) is 9.47 Å². The van der Waals surface area contributed by atoms with Crippen molar-refractivity contribution in [1.29, 1.82) is 0 Å². The summed E-state index contributed by atoms with van der Waals surface area (Å²) >= 11 is 0. The van der Waals surface area contributed by atoms with Crippen molar-refractivity contribution in [2.45, 2.75) is 18.9 Å². The Kier molecular flexibility index (Phi) is 3.80. The van der Waals surface area contributed by atoms with Gasteiger partial charge in [-0.25, -0.2) is 0 Å². The van der Waals surface area contributed by atoms with Gasteiger partial charge in [-0.2, -0.15) is 0 Å². The van der Waals surface area contributed by atoms with Gasteiger partial charge in [-0.15, -0.1) is 0 Å². The molecule has 2 aromatic rings. The first-order valence-electron chi connectivity index (χ1n) is 7.35. The predicted molar refractivity (Wildman–Crippen MR) is 82.0 cm³/mol. The fraction of sp³-hybridized carbons (Fsp3) is 0.353. The number of aliphatic hydroxyl groups excluding tert-OH is 1. The van der Waals surface area contributed by atoms with Gasteiger partial charge in [0.25, 0.3) is 5.91 Å². The van der Waals surface area contributed by atoms with E-state index in [4.69, 9.17) is 5.11 Å². The summed E-state index contributed by atoms with van der Waals surface area (Å²) in [5, 5.41) is 9.16. The summed E-state index contributed by atoms with van der Waals surface area (Å²) in [6.07, 6.45) is 2.09. The van der Waals surface area contributed by atoms with Gasteiger partial charge in [0, 0.05) is 25.3 Å². The SMILES string of the molecule is Cn1c(C(=O)N(CCO)C2CC2)ccc1-c1ccccc1. The van der Waals surface area contributed by atoms with E-state index in [-0.39, 0.29) is 12.5 Å². The molecule has 1 amide bonds. The van der Waals surface area contributed by atoms with Crippen LogP contribution >= 0.6 is 0 Å². The Bertz CT molecular complexity index is 629. The van der Waals surface area contributed by atoms with E-state index in [0.29, 0.717) is 18.3 Å². The number of carbonyl (C=O) groups is 1. The molecule has 1 N–H and O–H groups in total. The largest absolute Gasteiger partial charge is 0.395 e. The Morgan fingerprint density at radius 1 is 1.24 bits per heavy atom. The summed E-state index contributed by atoms with van der Waals surface area (Å²) in [6.45, 7) is 0.424. The molecule has 1 aliphatic carbocycles. The first-order valence-corrected chi connectivity index (χ1v) is 7.35. The normalized spacial score (nSPS) is 14.2. The second-order valence-corrected chi connectivity index (χ2v) is 5.48. The summed E-state index contributed by atoms with van der Waals surface area (Å²) < 4.78 is 1.93. The number of aliphatic hydroxyl groups is 1. The number of carbonyl (C=O) groups excluding carboxylic acids is 1. The maximum absolute atomic E-state index is 12.7. The Balaban J connectivity index is 1.89. The third-order valence-corrected chi connectivity index (χ3v) is 4.00. The van der Waals surface area contributed by atoms with Crippen LogP contribution in [0.25, 0.3) is 11.3 Å². The van der Waals surface area contributed by atoms with Gasteiger partial charge in [0.05, 0.1) is 6.61 Å². The highest BCUT2D eigenvalue weighted by atomic mass is 16.3. The minimum Gasteiger partial charge on any atom is -0.395 e. The summed E-state index contributed by atoms with van der Waals surface area (Å²) in [5.74, 6) is 0.0104. The standard InChI is InChI=1S/C17H20N2O2/c1-18-15(13-5-3-2-4-6-13)9-10-16(18)17(21)19(11-12-20)14-7-8-14/h2-6,9-10,14,20H,7-8,11-12H2,1H3. The highest BCUT2D eigenvalue weighted by Gasteiger charge is 2.33. The van der Waals surface area contributed by atoms with Crippen LogP contribution in [0.3, 0.4) is 0 Å². The van der Waals surface area contributed by atoms with Gasteiger partial charge in [0.15, 0.2) is 0 Å². The quantitative estimate of drug-likeness (QED) is 0.915. The van der Waals surface area contributed by atoms with E-state index in [2.05, 4.69) is 0 Å². The molecule has 21 heavy (non-hydrogen) atoms. The molecule has 0 radical (unpaired) electrons. The van der Waals surface area contributed by atoms with Gasteiger partial charge in [0.1, 0.15) is 5.69 Å². The highest BCUT2D eigenvalue weighted by Crippen LogP contribution is 2.29. The van der Waals surface area contributed by atoms with Crippen molar-refractivity contribution in [3.63, 3.8) is 0 Å². The fourth-order valence-electron chi connectivity index (χ4n) is 2.72. The molecule has 3 rings (SSSR count). The highest BCUT2D eigenvalue weighted by molar-refractivity contribution is 5.94. The Hall–Kier alpha value is -2.07. The van der Waals surface area contributed by atoms with Crippen LogP contribution < -0.4 is 0 Å². The maximum Gasteiger partial charge on any atom is 0.270 e. The van der Waals surface area contributed by atoms with Crippen LogP contribution in [-0.4, -0.2) is 39.7 Å². The molecule has 0 bridgehead atoms. The molecule has 0 spiro atoms. The monoisotopic (exact) mass is 284 g/mol. The average molecular weight is 284 g/mol. The van der Waals surface area contributed by atoms with Crippen LogP contribution in [0.5, 0.6) is 0 Å². The molecule has 0 atom stereocenters. The summed E-state index contributed by atoms with van der Waals surface area (Å²) in [7, 11) is 1.92. The zero-order chi connectivity index (χ0) is 14.8. The summed E-state index contributed by atoms with van der Waals surface area (Å²) in [6, 6.07) is 14.2. The van der Waals surface area contributed by atoms with Gasteiger partial charge in [-0.3, -0.25) is 4.79 Å². The molecular weight excluding hydrogens is 264 g/mol. The summed E-state index contributed by atoms with van der Waals surface area (Å²) in [4.78, 5) is 14.5. The molecule has 0 saturated heterocycles. The molecule has 0 aliphatic heterocycles. The topological polar surface area (TPSA) is 45.5 Å². The van der Waals surface area contributed by atoms with E-state index in [1.54, 1.807) is 4.90 Å². The number of rotatable bonds is 5. The van der Waals surface area contributed by atoms with E-state index < -0.39 is 0 Å². The molecule has 4 heteroatoms. The third kappa shape index (κ3) is 2.72. The van der Waals surface area contributed by atoms with Crippen LogP contribution in [-0.2, 0) is 7.05 Å². The van der Waals surface area contributed by atoms with Crippen LogP contribution in [0.4, 0.5) is 0 Å². The predicted octanol–water partition coefficient (Wildman–Crippen LogP) is 2.29. The van der Waals surface area contributed by atoms with Gasteiger partial charge in [0.2, 0.25) is 0 Å². The van der Waals surface area contributed by atoms with Gasteiger partial charge in [-0.1, -0.05) is 30.3 Å². The Morgan fingerprint density at radius 3 is 2.57 bits per heavy atom. The number of hydrogen-bond donors (Lipinski definition) is 1. The minimum absolute atomic E-state index is 0.0104. The molecule has 1 aromatic heterocycles. The van der Waals surface area contributed by atoms with E-state index in [0.717, 1.165) is 24.1 Å². The lowest BCUT2D eigenvalue weighted by Gasteiger charge is -2.21. The Labute approximate surface area is 124 Å². The van der Waals surface area contributed by atoms with Crippen molar-refractivity contribution in [3.05, 3.63) is 48.2 Å². The van der Waals surface area contributed by atoms with Crippen molar-refractivity contribution in [2.24, 2.45) is 7.05 Å². The number of amides is 1. The zero-order valence-electron chi connectivity index (χ0n) is 12.2. The fourth-order valence-corrected chi connectivity index (χ4v) is 2.72. The van der Waals surface area contributed by atoms with Crippen molar-refractivity contribution in [2.75, 3.05) is 13.2 Å². The van der Waals surface area contributed by atoms with Crippen LogP contribution in [0.1, 0.15) is 23.3 Å². The lowest BCUT2D eigenvalue weighted by Crippen LogP contribution is -2.36. The van der Waals surface area contributed by atoms with Crippen molar-refractivity contribution in [3.8, 4) is 11.3 Å². The van der Waals surface area contributed by atoms with Crippen molar-refractivity contribution < 1.29 is 9.90 Å². The molecule has 1 saturated carbocycles. The number of nitrogens with zero attached hydrogens (tertiary/aromatic N) is 2.